The molecule has 2 aromatic rings. The molecule has 0 N–H and O–H groups in total. The van der Waals surface area contributed by atoms with E-state index in [2.05, 4.69) is 9.84 Å². The predicted molar refractivity (Wildman–Crippen MR) is 80.2 cm³/mol. The first-order valence-electron chi connectivity index (χ1n) is 7.61. The highest BCUT2D eigenvalue weighted by Gasteiger charge is 2.44. The van der Waals surface area contributed by atoms with Crippen molar-refractivity contribution in [1.82, 2.24) is 9.78 Å². The van der Waals surface area contributed by atoms with E-state index in [-0.39, 0.29) is 11.2 Å². The zero-order chi connectivity index (χ0) is 16.7. The first-order chi connectivity index (χ1) is 10.8. The van der Waals surface area contributed by atoms with Crippen LogP contribution in [0.5, 0.6) is 5.75 Å². The van der Waals surface area contributed by atoms with E-state index in [4.69, 9.17) is 0 Å². The van der Waals surface area contributed by atoms with Gasteiger partial charge in [-0.2, -0.15) is 5.10 Å². The molecule has 1 aromatic heterocycles. The summed E-state index contributed by atoms with van der Waals surface area (Å²) in [5, 5.41) is 4.46. The third-order valence-corrected chi connectivity index (χ3v) is 4.31. The monoisotopic (exact) mass is 324 g/mol. The summed E-state index contributed by atoms with van der Waals surface area (Å²) in [6, 6.07) is 8.41. The van der Waals surface area contributed by atoms with Gasteiger partial charge in [0.25, 0.3) is 0 Å². The molecule has 0 spiro atoms. The molecule has 1 aromatic carbocycles. The van der Waals surface area contributed by atoms with Gasteiger partial charge in [-0.1, -0.05) is 18.2 Å². The largest absolute Gasteiger partial charge is 0.573 e. The molecule has 23 heavy (non-hydrogen) atoms. The summed E-state index contributed by atoms with van der Waals surface area (Å²) in [7, 11) is 0. The van der Waals surface area contributed by atoms with Gasteiger partial charge in [0, 0.05) is 12.2 Å². The average molecular weight is 324 g/mol. The molecule has 3 nitrogen and oxygen atoms in total. The van der Waals surface area contributed by atoms with E-state index in [9.17, 15) is 13.2 Å². The minimum atomic E-state index is -4.66. The number of nitrogens with zero attached hydrogens (tertiary/aromatic N) is 2. The van der Waals surface area contributed by atoms with Crippen LogP contribution in [0.25, 0.3) is 0 Å². The van der Waals surface area contributed by atoms with Crippen LogP contribution in [0.15, 0.2) is 30.3 Å². The Balaban J connectivity index is 1.78. The summed E-state index contributed by atoms with van der Waals surface area (Å²) in [5.74, 6) is -0.0976. The molecule has 1 saturated carbocycles. The normalized spacial score (nSPS) is 16.4. The van der Waals surface area contributed by atoms with Gasteiger partial charge in [0.15, 0.2) is 0 Å². The van der Waals surface area contributed by atoms with Crippen molar-refractivity contribution in [1.29, 1.82) is 0 Å². The number of hydrogen-bond acceptors (Lipinski definition) is 2. The zero-order valence-corrected chi connectivity index (χ0v) is 13.2. The first-order valence-corrected chi connectivity index (χ1v) is 7.61. The van der Waals surface area contributed by atoms with Gasteiger partial charge in [-0.15, -0.1) is 13.2 Å². The molecule has 3 rings (SSSR count). The standard InChI is InChI=1S/C17H19F3N2O/c1-12-9-13(2)22(21-12)11-16(7-8-16)10-14-5-3-4-6-15(14)23-17(18,19)20/h3-6,9H,7-8,10-11H2,1-2H3. The van der Waals surface area contributed by atoms with Gasteiger partial charge in [-0.25, -0.2) is 0 Å². The summed E-state index contributed by atoms with van der Waals surface area (Å²) in [4.78, 5) is 0. The number of halogens is 3. The van der Waals surface area contributed by atoms with Crippen LogP contribution < -0.4 is 4.74 Å². The topological polar surface area (TPSA) is 27.1 Å². The third-order valence-electron chi connectivity index (χ3n) is 4.31. The fraction of sp³-hybridized carbons (Fsp3) is 0.471. The Kier molecular flexibility index (Phi) is 3.86. The van der Waals surface area contributed by atoms with E-state index < -0.39 is 6.36 Å². The maximum Gasteiger partial charge on any atom is 0.573 e. The van der Waals surface area contributed by atoms with Crippen LogP contribution in [0.4, 0.5) is 13.2 Å². The lowest BCUT2D eigenvalue weighted by molar-refractivity contribution is -0.274. The van der Waals surface area contributed by atoms with Gasteiger partial charge < -0.3 is 4.74 Å². The second-order valence-electron chi connectivity index (χ2n) is 6.42. The van der Waals surface area contributed by atoms with Crippen LogP contribution >= 0.6 is 0 Å². The quantitative estimate of drug-likeness (QED) is 0.814. The lowest BCUT2D eigenvalue weighted by atomic mass is 9.95. The van der Waals surface area contributed by atoms with Crippen molar-refractivity contribution in [2.75, 3.05) is 0 Å². The molecule has 0 radical (unpaired) electrons. The number of para-hydroxylation sites is 1. The van der Waals surface area contributed by atoms with Crippen LogP contribution in [0, 0.1) is 19.3 Å². The van der Waals surface area contributed by atoms with E-state index >= 15 is 0 Å². The minimum Gasteiger partial charge on any atom is -0.406 e. The Morgan fingerprint density at radius 1 is 1.22 bits per heavy atom. The van der Waals surface area contributed by atoms with Gasteiger partial charge in [0.2, 0.25) is 0 Å². The minimum absolute atomic E-state index is 0.0196. The van der Waals surface area contributed by atoms with Gasteiger partial charge in [-0.3, -0.25) is 4.68 Å². The van der Waals surface area contributed by atoms with Gasteiger partial charge >= 0.3 is 6.36 Å². The average Bonchev–Trinajstić information content (AvgIpc) is 3.10. The smallest absolute Gasteiger partial charge is 0.406 e. The molecule has 1 aliphatic carbocycles. The maximum atomic E-state index is 12.5. The molecule has 0 saturated heterocycles. The number of rotatable bonds is 5. The fourth-order valence-corrected chi connectivity index (χ4v) is 3.00. The highest BCUT2D eigenvalue weighted by Crippen LogP contribution is 2.51. The van der Waals surface area contributed by atoms with Crippen molar-refractivity contribution in [3.05, 3.63) is 47.3 Å². The van der Waals surface area contributed by atoms with E-state index in [0.717, 1.165) is 30.8 Å². The molecule has 1 aliphatic rings. The number of alkyl halides is 3. The Morgan fingerprint density at radius 3 is 2.48 bits per heavy atom. The van der Waals surface area contributed by atoms with E-state index in [0.29, 0.717) is 12.0 Å². The van der Waals surface area contributed by atoms with Crippen molar-refractivity contribution in [2.24, 2.45) is 5.41 Å². The number of ether oxygens (including phenoxy) is 1. The molecule has 0 amide bonds. The molecule has 0 aliphatic heterocycles. The van der Waals surface area contributed by atoms with Crippen molar-refractivity contribution in [3.8, 4) is 5.75 Å². The number of hydrogen-bond donors (Lipinski definition) is 0. The predicted octanol–water partition coefficient (Wildman–Crippen LogP) is 4.42. The summed E-state index contributed by atoms with van der Waals surface area (Å²) < 4.78 is 43.7. The summed E-state index contributed by atoms with van der Waals surface area (Å²) >= 11 is 0. The lowest BCUT2D eigenvalue weighted by Gasteiger charge is -2.19. The van der Waals surface area contributed by atoms with Gasteiger partial charge in [0.1, 0.15) is 5.75 Å². The molecule has 0 unspecified atom stereocenters. The fourth-order valence-electron chi connectivity index (χ4n) is 3.00. The summed E-state index contributed by atoms with van der Waals surface area (Å²) in [5.41, 5.74) is 2.62. The van der Waals surface area contributed by atoms with Gasteiger partial charge in [-0.05, 0) is 56.2 Å². The van der Waals surface area contributed by atoms with Crippen LogP contribution in [0.3, 0.4) is 0 Å². The van der Waals surface area contributed by atoms with Crippen molar-refractivity contribution >= 4 is 0 Å². The molecule has 6 heteroatoms. The van der Waals surface area contributed by atoms with E-state index in [1.54, 1.807) is 18.2 Å². The highest BCUT2D eigenvalue weighted by molar-refractivity contribution is 5.35. The van der Waals surface area contributed by atoms with Crippen LogP contribution in [0.1, 0.15) is 29.8 Å². The lowest BCUT2D eigenvalue weighted by Crippen LogP contribution is -2.20. The van der Waals surface area contributed by atoms with E-state index in [1.165, 1.54) is 6.07 Å². The summed E-state index contributed by atoms with van der Waals surface area (Å²) in [6.07, 6.45) is -2.11. The summed E-state index contributed by atoms with van der Waals surface area (Å²) in [6.45, 7) is 4.67. The second-order valence-corrected chi connectivity index (χ2v) is 6.42. The molecular formula is C17H19F3N2O. The Labute approximate surface area is 133 Å². The molecule has 0 bridgehead atoms. The molecule has 1 heterocycles. The number of aromatic nitrogens is 2. The Bertz CT molecular complexity index is 702. The molecule has 1 fully saturated rings. The first kappa shape index (κ1) is 15.9. The Morgan fingerprint density at radius 2 is 1.91 bits per heavy atom. The van der Waals surface area contributed by atoms with Crippen molar-refractivity contribution < 1.29 is 17.9 Å². The highest BCUT2D eigenvalue weighted by atomic mass is 19.4. The van der Waals surface area contributed by atoms with Crippen LogP contribution in [0.2, 0.25) is 0 Å². The van der Waals surface area contributed by atoms with Crippen LogP contribution in [-0.2, 0) is 13.0 Å². The van der Waals surface area contributed by atoms with Crippen molar-refractivity contribution in [3.63, 3.8) is 0 Å². The van der Waals surface area contributed by atoms with E-state index in [1.807, 2.05) is 24.6 Å². The SMILES string of the molecule is Cc1cc(C)n(CC2(Cc3ccccc3OC(F)(F)F)CC2)n1. The number of aryl methyl sites for hydroxylation is 2. The second kappa shape index (κ2) is 5.58. The van der Waals surface area contributed by atoms with Crippen LogP contribution in [-0.4, -0.2) is 16.1 Å². The zero-order valence-electron chi connectivity index (χ0n) is 13.2. The maximum absolute atomic E-state index is 12.5. The third kappa shape index (κ3) is 3.86. The molecular weight excluding hydrogens is 305 g/mol. The molecule has 124 valence electrons. The Hall–Kier alpha value is -1.98. The number of benzene rings is 1. The van der Waals surface area contributed by atoms with Gasteiger partial charge in [0.05, 0.1) is 5.69 Å². The molecule has 0 atom stereocenters. The van der Waals surface area contributed by atoms with Crippen molar-refractivity contribution in [2.45, 2.75) is 46.0 Å².